The molecule has 4 rings (SSSR count). The Bertz CT molecular complexity index is 1110. The topological polar surface area (TPSA) is 60.9 Å². The molecular formula is C23H28ClN3O3S. The minimum atomic E-state index is -3.59. The van der Waals surface area contributed by atoms with Crippen molar-refractivity contribution in [3.05, 3.63) is 52.5 Å². The lowest BCUT2D eigenvalue weighted by Gasteiger charge is -2.36. The molecule has 0 saturated carbocycles. The van der Waals surface area contributed by atoms with Crippen LogP contribution in [-0.2, 0) is 21.2 Å². The van der Waals surface area contributed by atoms with Crippen LogP contribution in [0.4, 0.5) is 11.4 Å². The highest BCUT2D eigenvalue weighted by atomic mass is 35.5. The van der Waals surface area contributed by atoms with Crippen LogP contribution in [0.1, 0.15) is 31.4 Å². The zero-order chi connectivity index (χ0) is 22.3. The number of halogens is 1. The monoisotopic (exact) mass is 461 g/mol. The summed E-state index contributed by atoms with van der Waals surface area (Å²) in [6, 6.07) is 11.0. The Morgan fingerprint density at radius 1 is 1.06 bits per heavy atom. The Morgan fingerprint density at radius 2 is 1.77 bits per heavy atom. The number of piperazine rings is 1. The van der Waals surface area contributed by atoms with Gasteiger partial charge in [-0.1, -0.05) is 24.6 Å². The Hall–Kier alpha value is -2.09. The molecule has 31 heavy (non-hydrogen) atoms. The Balaban J connectivity index is 1.52. The van der Waals surface area contributed by atoms with E-state index in [0.29, 0.717) is 48.9 Å². The van der Waals surface area contributed by atoms with Gasteiger partial charge in [0.15, 0.2) is 0 Å². The molecule has 8 heteroatoms. The Labute approximate surface area is 189 Å². The van der Waals surface area contributed by atoms with E-state index in [-0.39, 0.29) is 11.9 Å². The molecule has 2 aliphatic rings. The highest BCUT2D eigenvalue weighted by Gasteiger charge is 2.33. The number of anilines is 2. The highest BCUT2D eigenvalue weighted by molar-refractivity contribution is 7.89. The lowest BCUT2D eigenvalue weighted by Crippen LogP contribution is -2.48. The van der Waals surface area contributed by atoms with Crippen molar-refractivity contribution >= 4 is 38.9 Å². The zero-order valence-corrected chi connectivity index (χ0v) is 19.7. The number of fused-ring (bicyclic) bond motifs is 1. The summed E-state index contributed by atoms with van der Waals surface area (Å²) in [5, 5.41) is 0.679. The first kappa shape index (κ1) is 22.1. The second kappa shape index (κ2) is 8.45. The zero-order valence-electron chi connectivity index (χ0n) is 18.1. The summed E-state index contributed by atoms with van der Waals surface area (Å²) in [5.74, 6) is 0.0642. The quantitative estimate of drug-likeness (QED) is 0.693. The summed E-state index contributed by atoms with van der Waals surface area (Å²) in [4.78, 5) is 16.6. The van der Waals surface area contributed by atoms with Crippen LogP contribution in [0.15, 0.2) is 41.3 Å². The van der Waals surface area contributed by atoms with Crippen molar-refractivity contribution in [1.29, 1.82) is 0 Å². The molecule has 2 aromatic carbocycles. The van der Waals surface area contributed by atoms with Crippen LogP contribution in [0.2, 0.25) is 5.02 Å². The molecule has 0 bridgehead atoms. The largest absolute Gasteiger partial charge is 0.369 e. The van der Waals surface area contributed by atoms with Gasteiger partial charge in [0.05, 0.1) is 4.90 Å². The molecule has 0 N–H and O–H groups in total. The first-order valence-electron chi connectivity index (χ1n) is 10.7. The fraction of sp³-hybridized carbons (Fsp3) is 0.435. The number of nitrogens with zero attached hydrogens (tertiary/aromatic N) is 3. The maximum absolute atomic E-state index is 13.3. The van der Waals surface area contributed by atoms with Crippen LogP contribution < -0.4 is 9.80 Å². The number of carbonyl (C=O) groups excluding carboxylic acids is 1. The van der Waals surface area contributed by atoms with Crippen molar-refractivity contribution in [2.75, 3.05) is 36.0 Å². The minimum Gasteiger partial charge on any atom is -0.369 e. The van der Waals surface area contributed by atoms with E-state index < -0.39 is 10.0 Å². The molecule has 0 radical (unpaired) electrons. The normalized spacial score (nSPS) is 19.5. The van der Waals surface area contributed by atoms with Gasteiger partial charge in [0.2, 0.25) is 15.9 Å². The average Bonchev–Trinajstić information content (AvgIpc) is 3.10. The second-order valence-corrected chi connectivity index (χ2v) is 10.7. The average molecular weight is 462 g/mol. The van der Waals surface area contributed by atoms with Gasteiger partial charge in [-0.05, 0) is 61.7 Å². The summed E-state index contributed by atoms with van der Waals surface area (Å²) in [6.07, 6.45) is 1.10. The molecule has 166 valence electrons. The summed E-state index contributed by atoms with van der Waals surface area (Å²) in [6.45, 7) is 7.94. The minimum absolute atomic E-state index is 0.0462. The van der Waals surface area contributed by atoms with Crippen molar-refractivity contribution in [2.24, 2.45) is 0 Å². The van der Waals surface area contributed by atoms with Crippen molar-refractivity contribution in [2.45, 2.75) is 44.6 Å². The lowest BCUT2D eigenvalue weighted by molar-refractivity contribution is -0.118. The van der Waals surface area contributed by atoms with Gasteiger partial charge in [0.1, 0.15) is 0 Å². The van der Waals surface area contributed by atoms with E-state index >= 15 is 0 Å². The third kappa shape index (κ3) is 4.06. The van der Waals surface area contributed by atoms with E-state index in [0.717, 1.165) is 22.5 Å². The van der Waals surface area contributed by atoms with E-state index in [1.54, 1.807) is 27.4 Å². The number of aryl methyl sites for hydroxylation is 1. The third-order valence-corrected chi connectivity index (χ3v) is 8.36. The van der Waals surface area contributed by atoms with Gasteiger partial charge in [0.25, 0.3) is 0 Å². The Kier molecular flexibility index (Phi) is 6.03. The molecular weight excluding hydrogens is 434 g/mol. The summed E-state index contributed by atoms with van der Waals surface area (Å²) >= 11 is 6.16. The molecule has 0 aliphatic carbocycles. The number of hydrogen-bond donors (Lipinski definition) is 0. The van der Waals surface area contributed by atoms with Gasteiger partial charge in [-0.3, -0.25) is 4.79 Å². The number of hydrogen-bond acceptors (Lipinski definition) is 4. The molecule has 1 saturated heterocycles. The third-order valence-electron chi connectivity index (χ3n) is 6.23. The van der Waals surface area contributed by atoms with Crippen LogP contribution in [0.25, 0.3) is 0 Å². The number of sulfonamides is 1. The van der Waals surface area contributed by atoms with Gasteiger partial charge in [0, 0.05) is 55.0 Å². The van der Waals surface area contributed by atoms with E-state index in [4.69, 9.17) is 11.6 Å². The first-order chi connectivity index (χ1) is 14.7. The predicted octanol–water partition coefficient (Wildman–Crippen LogP) is 3.85. The Morgan fingerprint density at radius 3 is 2.45 bits per heavy atom. The predicted molar refractivity (Wildman–Crippen MR) is 125 cm³/mol. The second-order valence-electron chi connectivity index (χ2n) is 8.28. The molecule has 6 nitrogen and oxygen atoms in total. The highest BCUT2D eigenvalue weighted by Crippen LogP contribution is 2.35. The molecule has 2 aliphatic heterocycles. The molecule has 1 unspecified atom stereocenters. The fourth-order valence-corrected chi connectivity index (χ4v) is 6.20. The fourth-order valence-electron chi connectivity index (χ4n) is 4.56. The molecule has 1 fully saturated rings. The van der Waals surface area contributed by atoms with Crippen LogP contribution >= 0.6 is 11.6 Å². The van der Waals surface area contributed by atoms with Crippen molar-refractivity contribution in [3.8, 4) is 0 Å². The standard InChI is InChI=1S/C23H28ClN3O3S/c1-4-23(28)27-17(3)13-18-14-20(7-8-21(18)27)31(29,30)26-11-9-25(10-12-26)22-15-19(24)6-5-16(22)2/h5-8,14-15,17H,4,9-13H2,1-3H3. The van der Waals surface area contributed by atoms with E-state index in [1.807, 2.05) is 39.0 Å². The number of carbonyl (C=O) groups is 1. The van der Waals surface area contributed by atoms with Crippen molar-refractivity contribution in [3.63, 3.8) is 0 Å². The summed E-state index contributed by atoms with van der Waals surface area (Å²) < 4.78 is 28.2. The van der Waals surface area contributed by atoms with Gasteiger partial charge in [-0.2, -0.15) is 4.31 Å². The van der Waals surface area contributed by atoms with Crippen molar-refractivity contribution < 1.29 is 13.2 Å². The van der Waals surface area contributed by atoms with E-state index in [9.17, 15) is 13.2 Å². The maximum Gasteiger partial charge on any atom is 0.243 e. The smallest absolute Gasteiger partial charge is 0.243 e. The molecule has 0 spiro atoms. The van der Waals surface area contributed by atoms with Crippen LogP contribution in [0.5, 0.6) is 0 Å². The van der Waals surface area contributed by atoms with E-state index in [1.165, 1.54) is 0 Å². The van der Waals surface area contributed by atoms with Crippen LogP contribution in [0.3, 0.4) is 0 Å². The van der Waals surface area contributed by atoms with Gasteiger partial charge < -0.3 is 9.80 Å². The maximum atomic E-state index is 13.3. The van der Waals surface area contributed by atoms with E-state index in [2.05, 4.69) is 4.90 Å². The first-order valence-corrected chi connectivity index (χ1v) is 12.5. The van der Waals surface area contributed by atoms with Gasteiger partial charge in [-0.25, -0.2) is 8.42 Å². The van der Waals surface area contributed by atoms with Gasteiger partial charge in [-0.15, -0.1) is 0 Å². The number of amides is 1. The van der Waals surface area contributed by atoms with Crippen LogP contribution in [0, 0.1) is 6.92 Å². The number of rotatable bonds is 4. The molecule has 1 atom stereocenters. The summed E-state index contributed by atoms with van der Waals surface area (Å²) in [5.41, 5.74) is 3.93. The molecule has 0 aromatic heterocycles. The molecule has 2 aromatic rings. The summed E-state index contributed by atoms with van der Waals surface area (Å²) in [7, 11) is -3.59. The molecule has 2 heterocycles. The SMILES string of the molecule is CCC(=O)N1c2ccc(S(=O)(=O)N3CCN(c4cc(Cl)ccc4C)CC3)cc2CC1C. The number of benzene rings is 2. The lowest BCUT2D eigenvalue weighted by atomic mass is 10.1. The molecule has 1 amide bonds. The van der Waals surface area contributed by atoms with Gasteiger partial charge >= 0.3 is 0 Å². The van der Waals surface area contributed by atoms with Crippen LogP contribution in [-0.4, -0.2) is 50.9 Å². The van der Waals surface area contributed by atoms with Crippen molar-refractivity contribution in [1.82, 2.24) is 4.31 Å².